The van der Waals surface area contributed by atoms with Gasteiger partial charge in [-0.1, -0.05) is 0 Å². The first-order valence-electron chi connectivity index (χ1n) is 8.03. The van der Waals surface area contributed by atoms with Crippen molar-refractivity contribution in [1.29, 1.82) is 0 Å². The molecule has 0 radical (unpaired) electrons. The van der Waals surface area contributed by atoms with E-state index in [-0.39, 0.29) is 5.91 Å². The molecule has 2 rings (SSSR count). The van der Waals surface area contributed by atoms with Gasteiger partial charge in [0.25, 0.3) is 0 Å². The minimum absolute atomic E-state index is 0.0502. The smallest absolute Gasteiger partial charge is 0.246 e. The first kappa shape index (κ1) is 20.3. The number of hydrogen-bond acceptors (Lipinski definition) is 5. The summed E-state index contributed by atoms with van der Waals surface area (Å²) in [5.41, 5.74) is 0.794. The molecule has 1 amide bonds. The number of benzene rings is 1. The van der Waals surface area contributed by atoms with Crippen molar-refractivity contribution in [1.82, 2.24) is 4.90 Å². The fourth-order valence-corrected chi connectivity index (χ4v) is 3.94. The first-order valence-corrected chi connectivity index (χ1v) is 9.64. The third-order valence-corrected chi connectivity index (χ3v) is 5.38. The summed E-state index contributed by atoms with van der Waals surface area (Å²) in [6.45, 7) is 3.19. The zero-order valence-corrected chi connectivity index (χ0v) is 17.6. The van der Waals surface area contributed by atoms with E-state index in [0.29, 0.717) is 30.3 Å². The van der Waals surface area contributed by atoms with Crippen LogP contribution in [0.5, 0.6) is 17.2 Å². The number of likely N-dealkylation sites (N-methyl/N-ethyl adjacent to an activating group) is 1. The van der Waals surface area contributed by atoms with E-state index in [2.05, 4.69) is 15.9 Å². The van der Waals surface area contributed by atoms with Crippen molar-refractivity contribution >= 4 is 39.2 Å². The number of halogens is 1. The SMILES string of the molecule is CCN(Cc1ccc(Br)s1)C(=O)/C=C/c1cc(OC)c(OC)c(OC)c1. The van der Waals surface area contributed by atoms with Gasteiger partial charge in [0.05, 0.1) is 31.7 Å². The van der Waals surface area contributed by atoms with Gasteiger partial charge in [0, 0.05) is 17.5 Å². The molecule has 0 aliphatic rings. The minimum Gasteiger partial charge on any atom is -0.493 e. The zero-order chi connectivity index (χ0) is 19.1. The van der Waals surface area contributed by atoms with E-state index < -0.39 is 0 Å². The lowest BCUT2D eigenvalue weighted by atomic mass is 10.1. The molecule has 0 saturated carbocycles. The maximum atomic E-state index is 12.5. The quantitative estimate of drug-likeness (QED) is 0.563. The zero-order valence-electron chi connectivity index (χ0n) is 15.2. The predicted molar refractivity (Wildman–Crippen MR) is 108 cm³/mol. The molecule has 1 aromatic carbocycles. The summed E-state index contributed by atoms with van der Waals surface area (Å²) in [5, 5.41) is 0. The van der Waals surface area contributed by atoms with Gasteiger partial charge in [-0.3, -0.25) is 4.79 Å². The normalized spacial score (nSPS) is 10.8. The fourth-order valence-electron chi connectivity index (χ4n) is 2.44. The van der Waals surface area contributed by atoms with Crippen LogP contribution < -0.4 is 14.2 Å². The second kappa shape index (κ2) is 9.64. The Balaban J connectivity index is 2.17. The van der Waals surface area contributed by atoms with Crippen molar-refractivity contribution in [2.24, 2.45) is 0 Å². The second-order valence-corrected chi connectivity index (χ2v) is 7.90. The Labute approximate surface area is 166 Å². The molecule has 7 heteroatoms. The molecular weight excluding hydrogens is 418 g/mol. The molecule has 0 aliphatic carbocycles. The van der Waals surface area contributed by atoms with Gasteiger partial charge in [-0.25, -0.2) is 0 Å². The van der Waals surface area contributed by atoms with Gasteiger partial charge in [0.2, 0.25) is 11.7 Å². The number of methoxy groups -OCH3 is 3. The molecule has 5 nitrogen and oxygen atoms in total. The van der Waals surface area contributed by atoms with Crippen LogP contribution in [0.25, 0.3) is 6.08 Å². The second-order valence-electron chi connectivity index (χ2n) is 5.35. The van der Waals surface area contributed by atoms with Crippen LogP contribution in [0, 0.1) is 0 Å². The number of ether oxygens (including phenoxy) is 3. The lowest BCUT2D eigenvalue weighted by Gasteiger charge is -2.18. The first-order chi connectivity index (χ1) is 12.5. The lowest BCUT2D eigenvalue weighted by molar-refractivity contribution is -0.126. The molecule has 1 heterocycles. The number of rotatable bonds is 8. The monoisotopic (exact) mass is 439 g/mol. The Bertz CT molecular complexity index is 763. The van der Waals surface area contributed by atoms with Crippen molar-refractivity contribution in [3.8, 4) is 17.2 Å². The Morgan fingerprint density at radius 2 is 1.81 bits per heavy atom. The summed E-state index contributed by atoms with van der Waals surface area (Å²) in [6, 6.07) is 7.62. The predicted octanol–water partition coefficient (Wildman–Crippen LogP) is 4.60. The van der Waals surface area contributed by atoms with Gasteiger partial charge in [-0.2, -0.15) is 0 Å². The van der Waals surface area contributed by atoms with E-state index in [4.69, 9.17) is 14.2 Å². The Hall–Kier alpha value is -1.99. The average molecular weight is 440 g/mol. The van der Waals surface area contributed by atoms with Crippen molar-refractivity contribution in [3.05, 3.63) is 44.6 Å². The van der Waals surface area contributed by atoms with Gasteiger partial charge in [-0.15, -0.1) is 11.3 Å². The van der Waals surface area contributed by atoms with Crippen molar-refractivity contribution < 1.29 is 19.0 Å². The van der Waals surface area contributed by atoms with E-state index in [1.54, 1.807) is 61.9 Å². The summed E-state index contributed by atoms with van der Waals surface area (Å²) >= 11 is 5.08. The number of nitrogens with zero attached hydrogens (tertiary/aromatic N) is 1. The molecular formula is C19H22BrNO4S. The number of amides is 1. The Kier molecular flexibility index (Phi) is 7.53. The molecule has 0 aliphatic heterocycles. The van der Waals surface area contributed by atoms with Crippen LogP contribution in [0.3, 0.4) is 0 Å². The molecule has 2 aromatic rings. The maximum Gasteiger partial charge on any atom is 0.246 e. The van der Waals surface area contributed by atoms with Gasteiger partial charge in [0.1, 0.15) is 0 Å². The van der Waals surface area contributed by atoms with Gasteiger partial charge in [-0.05, 0) is 58.8 Å². The summed E-state index contributed by atoms with van der Waals surface area (Å²) in [7, 11) is 4.68. The third kappa shape index (κ3) is 5.02. The van der Waals surface area contributed by atoms with Crippen LogP contribution >= 0.6 is 27.3 Å². The molecule has 0 N–H and O–H groups in total. The minimum atomic E-state index is -0.0502. The average Bonchev–Trinajstić information content (AvgIpc) is 3.07. The third-order valence-electron chi connectivity index (χ3n) is 3.77. The van der Waals surface area contributed by atoms with Crippen LogP contribution in [0.2, 0.25) is 0 Å². The largest absolute Gasteiger partial charge is 0.493 e. The summed E-state index contributed by atoms with van der Waals surface area (Å²) in [6.07, 6.45) is 3.31. The fraction of sp³-hybridized carbons (Fsp3) is 0.316. The highest BCUT2D eigenvalue weighted by atomic mass is 79.9. The van der Waals surface area contributed by atoms with Crippen molar-refractivity contribution in [2.75, 3.05) is 27.9 Å². The summed E-state index contributed by atoms with van der Waals surface area (Å²) in [5.74, 6) is 1.58. The van der Waals surface area contributed by atoms with Gasteiger partial charge in [0.15, 0.2) is 11.5 Å². The van der Waals surface area contributed by atoms with E-state index in [9.17, 15) is 4.79 Å². The molecule has 0 unspecified atom stereocenters. The van der Waals surface area contributed by atoms with Crippen LogP contribution in [-0.2, 0) is 11.3 Å². The molecule has 26 heavy (non-hydrogen) atoms. The van der Waals surface area contributed by atoms with Crippen molar-refractivity contribution in [2.45, 2.75) is 13.5 Å². The highest BCUT2D eigenvalue weighted by molar-refractivity contribution is 9.11. The van der Waals surface area contributed by atoms with Gasteiger partial charge < -0.3 is 19.1 Å². The molecule has 1 aromatic heterocycles. The van der Waals surface area contributed by atoms with Crippen LogP contribution in [-0.4, -0.2) is 38.7 Å². The van der Waals surface area contributed by atoms with E-state index >= 15 is 0 Å². The summed E-state index contributed by atoms with van der Waals surface area (Å²) < 4.78 is 17.0. The van der Waals surface area contributed by atoms with Crippen LogP contribution in [0.1, 0.15) is 17.4 Å². The van der Waals surface area contributed by atoms with E-state index in [0.717, 1.165) is 14.2 Å². The Morgan fingerprint density at radius 3 is 2.27 bits per heavy atom. The molecule has 0 atom stereocenters. The number of carbonyl (C=O) groups is 1. The topological polar surface area (TPSA) is 48.0 Å². The lowest BCUT2D eigenvalue weighted by Crippen LogP contribution is -2.28. The number of thiophene rings is 1. The summed E-state index contributed by atoms with van der Waals surface area (Å²) in [4.78, 5) is 15.5. The van der Waals surface area contributed by atoms with Crippen LogP contribution in [0.4, 0.5) is 0 Å². The molecule has 140 valence electrons. The van der Waals surface area contributed by atoms with Crippen LogP contribution in [0.15, 0.2) is 34.1 Å². The van der Waals surface area contributed by atoms with E-state index in [1.165, 1.54) is 0 Å². The van der Waals surface area contributed by atoms with E-state index in [1.807, 2.05) is 19.1 Å². The molecule has 0 spiro atoms. The number of hydrogen-bond donors (Lipinski definition) is 0. The van der Waals surface area contributed by atoms with Crippen molar-refractivity contribution in [3.63, 3.8) is 0 Å². The molecule has 0 fully saturated rings. The number of carbonyl (C=O) groups excluding carboxylic acids is 1. The van der Waals surface area contributed by atoms with Gasteiger partial charge >= 0.3 is 0 Å². The standard InChI is InChI=1S/C19H22BrNO4S/c1-5-21(12-14-7-8-17(20)26-14)18(22)9-6-13-10-15(23-2)19(25-4)16(11-13)24-3/h6-11H,5,12H2,1-4H3/b9-6+. The molecule has 0 saturated heterocycles. The Morgan fingerprint density at radius 1 is 1.15 bits per heavy atom. The molecule has 0 bridgehead atoms. The highest BCUT2D eigenvalue weighted by Gasteiger charge is 2.13. The highest BCUT2D eigenvalue weighted by Crippen LogP contribution is 2.38. The maximum absolute atomic E-state index is 12.5.